The van der Waals surface area contributed by atoms with Gasteiger partial charge >= 0.3 is 0 Å². The Morgan fingerprint density at radius 1 is 0.972 bits per heavy atom. The zero-order valence-electron chi connectivity index (χ0n) is 19.9. The predicted molar refractivity (Wildman–Crippen MR) is 137 cm³/mol. The van der Waals surface area contributed by atoms with E-state index in [0.29, 0.717) is 11.3 Å². The van der Waals surface area contributed by atoms with E-state index in [1.54, 1.807) is 6.07 Å². The van der Waals surface area contributed by atoms with Gasteiger partial charge in [0, 0.05) is 45.5 Å². The number of nitro benzene ring substituents is 1. The Bertz CT molecular complexity index is 1610. The van der Waals surface area contributed by atoms with Crippen LogP contribution in [-0.4, -0.2) is 26.7 Å². The highest BCUT2D eigenvalue weighted by Gasteiger charge is 2.48. The van der Waals surface area contributed by atoms with Crippen LogP contribution in [0.5, 0.6) is 0 Å². The third kappa shape index (κ3) is 3.54. The van der Waals surface area contributed by atoms with Crippen LogP contribution in [0.25, 0.3) is 16.7 Å². The van der Waals surface area contributed by atoms with Crippen LogP contribution in [0.3, 0.4) is 0 Å². The fourth-order valence-electron chi connectivity index (χ4n) is 4.82. The topological polar surface area (TPSA) is 117 Å². The van der Waals surface area contributed by atoms with Crippen molar-refractivity contribution in [3.8, 4) is 0 Å². The van der Waals surface area contributed by atoms with Crippen molar-refractivity contribution >= 4 is 39.7 Å². The first kappa shape index (κ1) is 23.0. The van der Waals surface area contributed by atoms with Gasteiger partial charge in [-0.3, -0.25) is 24.6 Å². The van der Waals surface area contributed by atoms with Crippen molar-refractivity contribution in [3.05, 3.63) is 110 Å². The fraction of sp³-hybridized carbons (Fsp3) is 0.143. The molecule has 0 bridgehead atoms. The molecule has 5 rings (SSSR count). The lowest BCUT2D eigenvalue weighted by Gasteiger charge is -2.26. The smallest absolute Gasteiger partial charge is 0.300 e. The Morgan fingerprint density at radius 2 is 1.72 bits per heavy atom. The van der Waals surface area contributed by atoms with Crippen molar-refractivity contribution < 1.29 is 19.6 Å². The molecule has 1 amide bonds. The summed E-state index contributed by atoms with van der Waals surface area (Å²) in [5, 5.41) is 23.5. The number of carbonyl (C=O) groups excluding carboxylic acids is 2. The normalized spacial score (nSPS) is 17.2. The van der Waals surface area contributed by atoms with Crippen LogP contribution in [0, 0.1) is 30.9 Å². The third-order valence-corrected chi connectivity index (χ3v) is 6.76. The number of carbonyl (C=O) groups is 2. The third-order valence-electron chi connectivity index (χ3n) is 6.76. The van der Waals surface area contributed by atoms with E-state index in [1.807, 2.05) is 57.2 Å². The number of hydrogen-bond donors (Lipinski definition) is 2. The van der Waals surface area contributed by atoms with Gasteiger partial charge in [0.1, 0.15) is 5.76 Å². The number of non-ortho nitro benzene ring substituents is 1. The number of aromatic amines is 1. The van der Waals surface area contributed by atoms with Gasteiger partial charge in [0.15, 0.2) is 0 Å². The van der Waals surface area contributed by atoms with Crippen LogP contribution in [0.15, 0.2) is 72.3 Å². The van der Waals surface area contributed by atoms with Crippen molar-refractivity contribution in [2.24, 2.45) is 0 Å². The molecule has 8 nitrogen and oxygen atoms in total. The van der Waals surface area contributed by atoms with E-state index < -0.39 is 28.4 Å². The van der Waals surface area contributed by atoms with Gasteiger partial charge in [0.05, 0.1) is 16.5 Å². The summed E-state index contributed by atoms with van der Waals surface area (Å²) in [7, 11) is 0. The van der Waals surface area contributed by atoms with Gasteiger partial charge in [-0.2, -0.15) is 0 Å². The summed E-state index contributed by atoms with van der Waals surface area (Å²) in [5.41, 5.74) is 4.48. The molecular formula is C28H23N3O5. The second-order valence-corrected chi connectivity index (χ2v) is 8.95. The maximum absolute atomic E-state index is 13.5. The van der Waals surface area contributed by atoms with E-state index in [-0.39, 0.29) is 16.8 Å². The zero-order chi connectivity index (χ0) is 25.7. The van der Waals surface area contributed by atoms with E-state index in [0.717, 1.165) is 27.7 Å². The number of nitrogens with zero attached hydrogens (tertiary/aromatic N) is 2. The first-order valence-electron chi connectivity index (χ1n) is 11.4. The number of nitro groups is 1. The van der Waals surface area contributed by atoms with E-state index >= 15 is 0 Å². The van der Waals surface area contributed by atoms with E-state index in [1.165, 1.54) is 29.2 Å². The Kier molecular flexibility index (Phi) is 5.44. The molecule has 1 atom stereocenters. The van der Waals surface area contributed by atoms with Crippen LogP contribution in [-0.2, 0) is 9.59 Å². The number of aliphatic hydroxyl groups is 1. The molecule has 1 aromatic heterocycles. The maximum Gasteiger partial charge on any atom is 0.300 e. The number of para-hydroxylation sites is 1. The lowest BCUT2D eigenvalue weighted by molar-refractivity contribution is -0.384. The summed E-state index contributed by atoms with van der Waals surface area (Å²) < 4.78 is 0. The molecule has 36 heavy (non-hydrogen) atoms. The summed E-state index contributed by atoms with van der Waals surface area (Å²) in [6, 6.07) is 17.5. The van der Waals surface area contributed by atoms with Gasteiger partial charge in [-0.05, 0) is 50.1 Å². The average molecular weight is 482 g/mol. The van der Waals surface area contributed by atoms with Gasteiger partial charge in [-0.25, -0.2) is 0 Å². The molecule has 0 spiro atoms. The zero-order valence-corrected chi connectivity index (χ0v) is 19.9. The number of aromatic nitrogens is 1. The van der Waals surface area contributed by atoms with Crippen molar-refractivity contribution in [2.45, 2.75) is 26.8 Å². The van der Waals surface area contributed by atoms with Gasteiger partial charge in [-0.15, -0.1) is 0 Å². The van der Waals surface area contributed by atoms with Crippen molar-refractivity contribution in [3.63, 3.8) is 0 Å². The molecule has 180 valence electrons. The molecule has 1 unspecified atom stereocenters. The number of hydrogen-bond acceptors (Lipinski definition) is 5. The number of Topliss-reactive ketones (excluding diaryl/α,β-unsaturated/α-hetero) is 1. The van der Waals surface area contributed by atoms with Crippen molar-refractivity contribution in [2.75, 3.05) is 4.90 Å². The number of H-pyrrole nitrogens is 1. The number of benzene rings is 3. The highest BCUT2D eigenvalue weighted by molar-refractivity contribution is 6.52. The quantitative estimate of drug-likeness (QED) is 0.129. The molecule has 2 N–H and O–H groups in total. The molecule has 3 aromatic carbocycles. The predicted octanol–water partition coefficient (Wildman–Crippen LogP) is 5.63. The van der Waals surface area contributed by atoms with Crippen molar-refractivity contribution in [1.29, 1.82) is 0 Å². The number of nitrogens with one attached hydrogen (secondary N) is 1. The van der Waals surface area contributed by atoms with Crippen LogP contribution >= 0.6 is 0 Å². The highest BCUT2D eigenvalue weighted by Crippen LogP contribution is 2.45. The number of aliphatic hydroxyl groups excluding tert-OH is 1. The van der Waals surface area contributed by atoms with Crippen LogP contribution in [0.2, 0.25) is 0 Å². The fourth-order valence-corrected chi connectivity index (χ4v) is 4.82. The minimum Gasteiger partial charge on any atom is -0.507 e. The molecule has 1 aliphatic heterocycles. The molecular weight excluding hydrogens is 458 g/mol. The number of amides is 1. The SMILES string of the molecule is Cc1ccc(N2C(=O)C(=O)/C(=C(/O)c3cccc([N+](=O)[O-])c3)C2c2c(C)[nH]c3ccccc23)cc1C. The number of anilines is 1. The van der Waals surface area contributed by atoms with Gasteiger partial charge in [-0.1, -0.05) is 36.4 Å². The van der Waals surface area contributed by atoms with Gasteiger partial charge in [0.2, 0.25) is 0 Å². The minimum atomic E-state index is -0.942. The molecule has 4 aromatic rings. The summed E-state index contributed by atoms with van der Waals surface area (Å²) in [5.74, 6) is -2.09. The Balaban J connectivity index is 1.82. The van der Waals surface area contributed by atoms with Crippen LogP contribution < -0.4 is 4.90 Å². The van der Waals surface area contributed by atoms with Crippen LogP contribution in [0.1, 0.15) is 34.0 Å². The minimum absolute atomic E-state index is 0.0878. The molecule has 1 fully saturated rings. The average Bonchev–Trinajstić information content (AvgIpc) is 3.32. The Hall–Kier alpha value is -4.72. The van der Waals surface area contributed by atoms with Crippen LogP contribution in [0.4, 0.5) is 11.4 Å². The number of fused-ring (bicyclic) bond motifs is 1. The largest absolute Gasteiger partial charge is 0.507 e. The molecule has 0 saturated carbocycles. The summed E-state index contributed by atoms with van der Waals surface area (Å²) >= 11 is 0. The number of aryl methyl sites for hydroxylation is 3. The maximum atomic E-state index is 13.5. The van der Waals surface area contributed by atoms with E-state index in [2.05, 4.69) is 4.98 Å². The lowest BCUT2D eigenvalue weighted by atomic mass is 9.93. The monoisotopic (exact) mass is 481 g/mol. The summed E-state index contributed by atoms with van der Waals surface area (Å²) in [6.07, 6.45) is 0. The highest BCUT2D eigenvalue weighted by atomic mass is 16.6. The molecule has 0 radical (unpaired) electrons. The standard InChI is InChI=1S/C28H23N3O5/c1-15-11-12-19(13-16(15)2)30-25(23-17(3)29-22-10-5-4-9-21(22)23)24(27(33)28(30)34)26(32)18-7-6-8-20(14-18)31(35)36/h4-14,25,29,32H,1-3H3/b26-24+. The second kappa shape index (κ2) is 8.49. The molecule has 2 heterocycles. The molecule has 1 saturated heterocycles. The molecule has 8 heteroatoms. The number of rotatable bonds is 4. The Morgan fingerprint density at radius 3 is 2.44 bits per heavy atom. The lowest BCUT2D eigenvalue weighted by Crippen LogP contribution is -2.29. The summed E-state index contributed by atoms with van der Waals surface area (Å²) in [6.45, 7) is 5.73. The first-order chi connectivity index (χ1) is 17.2. The van der Waals surface area contributed by atoms with Gasteiger partial charge in [0.25, 0.3) is 17.4 Å². The Labute approximate surface area is 206 Å². The summed E-state index contributed by atoms with van der Waals surface area (Å²) in [4.78, 5) is 42.4. The molecule has 0 aliphatic carbocycles. The van der Waals surface area contributed by atoms with Gasteiger partial charge < -0.3 is 10.1 Å². The second-order valence-electron chi connectivity index (χ2n) is 8.95. The van der Waals surface area contributed by atoms with Crippen molar-refractivity contribution in [1.82, 2.24) is 4.98 Å². The van der Waals surface area contributed by atoms with E-state index in [9.17, 15) is 24.8 Å². The molecule has 1 aliphatic rings. The first-order valence-corrected chi connectivity index (χ1v) is 11.4. The number of ketones is 1. The van der Waals surface area contributed by atoms with E-state index in [4.69, 9.17) is 0 Å².